The second kappa shape index (κ2) is 5.73. The van der Waals surface area contributed by atoms with Gasteiger partial charge in [-0.2, -0.15) is 0 Å². The zero-order chi connectivity index (χ0) is 17.8. The van der Waals surface area contributed by atoms with Gasteiger partial charge in [0.1, 0.15) is 12.2 Å². The lowest BCUT2D eigenvalue weighted by molar-refractivity contribution is -0.183. The summed E-state index contributed by atoms with van der Waals surface area (Å²) < 4.78 is 11.3. The number of fused-ring (bicyclic) bond motifs is 2. The lowest BCUT2D eigenvalue weighted by Crippen LogP contribution is -2.58. The van der Waals surface area contributed by atoms with E-state index in [1.54, 1.807) is 13.8 Å². The molecule has 0 aromatic heterocycles. The summed E-state index contributed by atoms with van der Waals surface area (Å²) in [4.78, 5) is 24.3. The molecule has 6 atom stereocenters. The minimum absolute atomic E-state index is 0.198. The molecular formula is C19H26O5. The van der Waals surface area contributed by atoms with Crippen molar-refractivity contribution in [1.82, 2.24) is 0 Å². The van der Waals surface area contributed by atoms with Gasteiger partial charge in [0.15, 0.2) is 0 Å². The Morgan fingerprint density at radius 1 is 1.42 bits per heavy atom. The Balaban J connectivity index is 2.04. The highest BCUT2D eigenvalue weighted by molar-refractivity contribution is 5.91. The van der Waals surface area contributed by atoms with Crippen molar-refractivity contribution in [3.05, 3.63) is 24.3 Å². The van der Waals surface area contributed by atoms with Crippen molar-refractivity contribution >= 4 is 11.9 Å². The van der Waals surface area contributed by atoms with Crippen molar-refractivity contribution in [3.63, 3.8) is 0 Å². The van der Waals surface area contributed by atoms with Crippen LogP contribution in [-0.2, 0) is 19.1 Å². The van der Waals surface area contributed by atoms with Crippen LogP contribution in [0.2, 0.25) is 0 Å². The first-order valence-corrected chi connectivity index (χ1v) is 8.62. The third-order valence-corrected chi connectivity index (χ3v) is 6.02. The molecule has 1 saturated heterocycles. The Kier molecular flexibility index (Phi) is 4.11. The van der Waals surface area contributed by atoms with E-state index >= 15 is 0 Å². The molecule has 0 aromatic carbocycles. The molecule has 5 heteroatoms. The van der Waals surface area contributed by atoms with Crippen LogP contribution in [0.3, 0.4) is 0 Å². The normalized spacial score (nSPS) is 41.7. The second-order valence-electron chi connectivity index (χ2n) is 7.95. The summed E-state index contributed by atoms with van der Waals surface area (Å²) in [5, 5.41) is 10.6. The Labute approximate surface area is 142 Å². The predicted molar refractivity (Wildman–Crippen MR) is 87.8 cm³/mol. The maximum Gasteiger partial charge on any atom is 0.334 e. The fourth-order valence-electron chi connectivity index (χ4n) is 4.63. The Morgan fingerprint density at radius 3 is 2.71 bits per heavy atom. The number of carbonyl (C=O) groups excluding carboxylic acids is 2. The van der Waals surface area contributed by atoms with E-state index in [-0.39, 0.29) is 23.7 Å². The van der Waals surface area contributed by atoms with E-state index in [0.29, 0.717) is 24.8 Å². The van der Waals surface area contributed by atoms with E-state index in [2.05, 4.69) is 13.2 Å². The summed E-state index contributed by atoms with van der Waals surface area (Å²) in [6, 6.07) is 0. The summed E-state index contributed by atoms with van der Waals surface area (Å²) >= 11 is 0. The van der Waals surface area contributed by atoms with Crippen molar-refractivity contribution in [2.75, 3.05) is 0 Å². The van der Waals surface area contributed by atoms with Crippen molar-refractivity contribution in [2.24, 2.45) is 23.2 Å². The third kappa shape index (κ3) is 2.41. The molecule has 0 aromatic rings. The minimum Gasteiger partial charge on any atom is -0.461 e. The van der Waals surface area contributed by atoms with Crippen LogP contribution in [-0.4, -0.2) is 35.4 Å². The number of rotatable bonds is 2. The first-order valence-electron chi connectivity index (χ1n) is 8.62. The average Bonchev–Trinajstić information content (AvgIpc) is 2.77. The van der Waals surface area contributed by atoms with Gasteiger partial charge in [0.05, 0.1) is 17.9 Å². The summed E-state index contributed by atoms with van der Waals surface area (Å²) in [6.07, 6.45) is 0.338. The molecule has 2 saturated carbocycles. The fraction of sp³-hybridized carbons (Fsp3) is 0.684. The molecule has 6 unspecified atom stereocenters. The topological polar surface area (TPSA) is 72.8 Å². The molecule has 0 radical (unpaired) electrons. The summed E-state index contributed by atoms with van der Waals surface area (Å²) in [5.74, 6) is -1.58. The average molecular weight is 334 g/mol. The van der Waals surface area contributed by atoms with Crippen molar-refractivity contribution in [2.45, 2.75) is 58.3 Å². The van der Waals surface area contributed by atoms with Crippen LogP contribution >= 0.6 is 0 Å². The maximum absolute atomic E-state index is 12.3. The number of hydrogen-bond donors (Lipinski definition) is 1. The Morgan fingerprint density at radius 2 is 2.08 bits per heavy atom. The Hall–Kier alpha value is -1.62. The summed E-state index contributed by atoms with van der Waals surface area (Å²) in [6.45, 7) is 13.6. The first kappa shape index (κ1) is 17.2. The summed E-state index contributed by atoms with van der Waals surface area (Å²) in [5.41, 5.74) is 0.801. The largest absolute Gasteiger partial charge is 0.461 e. The smallest absolute Gasteiger partial charge is 0.334 e. The van der Waals surface area contributed by atoms with Gasteiger partial charge in [-0.1, -0.05) is 39.5 Å². The number of hydrogen-bond acceptors (Lipinski definition) is 5. The fourth-order valence-corrected chi connectivity index (χ4v) is 4.63. The molecule has 2 aliphatic carbocycles. The lowest BCUT2D eigenvalue weighted by Gasteiger charge is -2.54. The van der Waals surface area contributed by atoms with Gasteiger partial charge in [-0.15, -0.1) is 0 Å². The second-order valence-corrected chi connectivity index (χ2v) is 7.95. The molecular weight excluding hydrogens is 308 g/mol. The highest BCUT2D eigenvalue weighted by Crippen LogP contribution is 2.57. The van der Waals surface area contributed by atoms with Crippen LogP contribution in [0.15, 0.2) is 24.3 Å². The van der Waals surface area contributed by atoms with Crippen molar-refractivity contribution in [3.8, 4) is 0 Å². The SMILES string of the molecule is C=C1C(=O)OC2CC3(C)C(O)CCC(=C)C3C(OC(=O)C(C)C)C12. The van der Waals surface area contributed by atoms with Gasteiger partial charge in [0.2, 0.25) is 0 Å². The molecule has 1 aliphatic heterocycles. The molecule has 1 N–H and O–H groups in total. The molecule has 3 aliphatic rings. The summed E-state index contributed by atoms with van der Waals surface area (Å²) in [7, 11) is 0. The Bertz CT molecular complexity index is 607. The monoisotopic (exact) mass is 334 g/mol. The highest BCUT2D eigenvalue weighted by atomic mass is 16.6. The van der Waals surface area contributed by atoms with Crippen molar-refractivity contribution in [1.29, 1.82) is 0 Å². The molecule has 0 spiro atoms. The van der Waals surface area contributed by atoms with Crippen LogP contribution in [0, 0.1) is 23.2 Å². The third-order valence-electron chi connectivity index (χ3n) is 6.02. The van der Waals surface area contributed by atoms with Gasteiger partial charge in [-0.25, -0.2) is 4.79 Å². The van der Waals surface area contributed by atoms with E-state index in [0.717, 1.165) is 5.57 Å². The zero-order valence-corrected chi connectivity index (χ0v) is 14.6. The number of aliphatic hydroxyl groups is 1. The molecule has 5 nitrogen and oxygen atoms in total. The zero-order valence-electron chi connectivity index (χ0n) is 14.6. The van der Waals surface area contributed by atoms with E-state index in [1.165, 1.54) is 0 Å². The molecule has 24 heavy (non-hydrogen) atoms. The molecule has 0 bridgehead atoms. The van der Waals surface area contributed by atoms with E-state index in [4.69, 9.17) is 9.47 Å². The molecule has 132 valence electrons. The van der Waals surface area contributed by atoms with Crippen LogP contribution in [0.4, 0.5) is 0 Å². The molecule has 3 rings (SSSR count). The van der Waals surface area contributed by atoms with Crippen LogP contribution in [0.5, 0.6) is 0 Å². The maximum atomic E-state index is 12.3. The van der Waals surface area contributed by atoms with E-state index < -0.39 is 29.7 Å². The van der Waals surface area contributed by atoms with Gasteiger partial charge in [-0.05, 0) is 19.3 Å². The van der Waals surface area contributed by atoms with Gasteiger partial charge in [0.25, 0.3) is 0 Å². The number of aliphatic hydroxyl groups excluding tert-OH is 1. The predicted octanol–water partition coefficient (Wildman–Crippen LogP) is 2.39. The number of carbonyl (C=O) groups is 2. The highest BCUT2D eigenvalue weighted by Gasteiger charge is 2.62. The van der Waals surface area contributed by atoms with Gasteiger partial charge in [0, 0.05) is 16.9 Å². The van der Waals surface area contributed by atoms with Crippen molar-refractivity contribution < 1.29 is 24.2 Å². The van der Waals surface area contributed by atoms with Crippen LogP contribution in [0.25, 0.3) is 0 Å². The van der Waals surface area contributed by atoms with Gasteiger partial charge < -0.3 is 14.6 Å². The lowest BCUT2D eigenvalue weighted by atomic mass is 9.53. The minimum atomic E-state index is -0.565. The molecule has 0 amide bonds. The van der Waals surface area contributed by atoms with Crippen LogP contribution < -0.4 is 0 Å². The quantitative estimate of drug-likeness (QED) is 0.477. The first-order chi connectivity index (χ1) is 11.2. The number of esters is 2. The van der Waals surface area contributed by atoms with Gasteiger partial charge in [-0.3, -0.25) is 4.79 Å². The standard InChI is InChI=1S/C19H26O5/c1-9(2)17(21)24-16-14-11(4)18(22)23-12(14)8-19(5)13(20)7-6-10(3)15(16)19/h9,12-16,20H,3-4,6-8H2,1-2,5H3. The molecule has 1 heterocycles. The number of ether oxygens (including phenoxy) is 2. The van der Waals surface area contributed by atoms with E-state index in [1.807, 2.05) is 6.92 Å². The molecule has 3 fully saturated rings. The van der Waals surface area contributed by atoms with Gasteiger partial charge >= 0.3 is 11.9 Å². The van der Waals surface area contributed by atoms with E-state index in [9.17, 15) is 14.7 Å². The van der Waals surface area contributed by atoms with Crippen LogP contribution in [0.1, 0.15) is 40.0 Å².